The molecule has 0 saturated carbocycles. The van der Waals surface area contributed by atoms with Gasteiger partial charge in [-0.3, -0.25) is 9.36 Å². The summed E-state index contributed by atoms with van der Waals surface area (Å²) in [6, 6.07) is 5.17. The summed E-state index contributed by atoms with van der Waals surface area (Å²) in [7, 11) is 1.60. The molecule has 0 unspecified atom stereocenters. The van der Waals surface area contributed by atoms with Crippen LogP contribution in [0.4, 0.5) is 5.69 Å². The van der Waals surface area contributed by atoms with Crippen LogP contribution in [0.5, 0.6) is 0 Å². The molecule has 0 radical (unpaired) electrons. The smallest absolute Gasteiger partial charge is 0.261 e. The highest BCUT2D eigenvalue weighted by molar-refractivity contribution is 5.81. The van der Waals surface area contributed by atoms with Crippen LogP contribution in [-0.4, -0.2) is 23.3 Å². The van der Waals surface area contributed by atoms with Crippen LogP contribution in [0.25, 0.3) is 10.9 Å². The van der Waals surface area contributed by atoms with Crippen molar-refractivity contribution < 1.29 is 4.74 Å². The Balaban J connectivity index is 2.65. The number of methoxy groups -OCH3 is 1. The van der Waals surface area contributed by atoms with E-state index in [1.807, 2.05) is 6.92 Å². The van der Waals surface area contributed by atoms with Crippen LogP contribution in [0, 0.1) is 6.92 Å². The number of hydrogen-bond acceptors (Lipinski definition) is 4. The SMILES string of the molecule is COCCn1c(C)nc2ccc(N)cc2c1=O. The quantitative estimate of drug-likeness (QED) is 0.801. The first kappa shape index (κ1) is 11.6. The van der Waals surface area contributed by atoms with Gasteiger partial charge in [0, 0.05) is 12.8 Å². The van der Waals surface area contributed by atoms with Crippen LogP contribution in [0.3, 0.4) is 0 Å². The summed E-state index contributed by atoms with van der Waals surface area (Å²) in [4.78, 5) is 16.6. The fraction of sp³-hybridized carbons (Fsp3) is 0.333. The summed E-state index contributed by atoms with van der Waals surface area (Å²) < 4.78 is 6.58. The zero-order valence-electron chi connectivity index (χ0n) is 9.93. The summed E-state index contributed by atoms with van der Waals surface area (Å²) in [5.41, 5.74) is 6.85. The van der Waals surface area contributed by atoms with Gasteiger partial charge in [-0.25, -0.2) is 4.98 Å². The average molecular weight is 233 g/mol. The highest BCUT2D eigenvalue weighted by atomic mass is 16.5. The lowest BCUT2D eigenvalue weighted by Crippen LogP contribution is -2.25. The Bertz CT molecular complexity index is 604. The number of fused-ring (bicyclic) bond motifs is 1. The summed E-state index contributed by atoms with van der Waals surface area (Å²) in [6.45, 7) is 2.79. The normalized spacial score (nSPS) is 10.9. The number of ether oxygens (including phenoxy) is 1. The number of aromatic nitrogens is 2. The molecule has 5 nitrogen and oxygen atoms in total. The molecule has 0 amide bonds. The topological polar surface area (TPSA) is 70.1 Å². The third-order valence-electron chi connectivity index (χ3n) is 2.69. The molecule has 2 rings (SSSR count). The predicted molar refractivity (Wildman–Crippen MR) is 67.0 cm³/mol. The molecule has 0 aliphatic carbocycles. The van der Waals surface area contributed by atoms with Crippen molar-refractivity contribution >= 4 is 16.6 Å². The Labute approximate surface area is 98.8 Å². The number of nitrogens with zero attached hydrogens (tertiary/aromatic N) is 2. The molecule has 0 aliphatic heterocycles. The molecule has 17 heavy (non-hydrogen) atoms. The van der Waals surface area contributed by atoms with E-state index in [-0.39, 0.29) is 5.56 Å². The molecule has 0 fully saturated rings. The van der Waals surface area contributed by atoms with Gasteiger partial charge in [0.2, 0.25) is 0 Å². The third kappa shape index (κ3) is 2.14. The van der Waals surface area contributed by atoms with Crippen LogP contribution >= 0.6 is 0 Å². The van der Waals surface area contributed by atoms with Gasteiger partial charge < -0.3 is 10.5 Å². The van der Waals surface area contributed by atoms with Crippen molar-refractivity contribution in [2.24, 2.45) is 0 Å². The van der Waals surface area contributed by atoms with E-state index in [2.05, 4.69) is 4.98 Å². The van der Waals surface area contributed by atoms with Gasteiger partial charge in [0.25, 0.3) is 5.56 Å². The fourth-order valence-electron chi connectivity index (χ4n) is 1.80. The van der Waals surface area contributed by atoms with Gasteiger partial charge in [-0.1, -0.05) is 0 Å². The third-order valence-corrected chi connectivity index (χ3v) is 2.69. The molecule has 90 valence electrons. The van der Waals surface area contributed by atoms with E-state index in [9.17, 15) is 4.79 Å². The zero-order chi connectivity index (χ0) is 12.4. The maximum Gasteiger partial charge on any atom is 0.261 e. The largest absolute Gasteiger partial charge is 0.399 e. The molecule has 0 atom stereocenters. The minimum Gasteiger partial charge on any atom is -0.399 e. The van der Waals surface area contributed by atoms with Crippen molar-refractivity contribution in [3.05, 3.63) is 34.4 Å². The van der Waals surface area contributed by atoms with Gasteiger partial charge in [-0.15, -0.1) is 0 Å². The van der Waals surface area contributed by atoms with Crippen molar-refractivity contribution in [3.8, 4) is 0 Å². The van der Waals surface area contributed by atoms with E-state index in [4.69, 9.17) is 10.5 Å². The van der Waals surface area contributed by atoms with Crippen LogP contribution in [0.1, 0.15) is 5.82 Å². The van der Waals surface area contributed by atoms with Crippen LogP contribution < -0.4 is 11.3 Å². The van der Waals surface area contributed by atoms with Crippen LogP contribution in [-0.2, 0) is 11.3 Å². The summed E-state index contributed by atoms with van der Waals surface area (Å²) >= 11 is 0. The molecule has 5 heteroatoms. The first-order valence-corrected chi connectivity index (χ1v) is 5.39. The van der Waals surface area contributed by atoms with E-state index in [1.165, 1.54) is 0 Å². The molecule has 0 aliphatic rings. The number of rotatable bonds is 3. The second-order valence-corrected chi connectivity index (χ2v) is 3.89. The second-order valence-electron chi connectivity index (χ2n) is 3.89. The highest BCUT2D eigenvalue weighted by Gasteiger charge is 2.07. The minimum absolute atomic E-state index is 0.0724. The Hall–Kier alpha value is -1.88. The summed E-state index contributed by atoms with van der Waals surface area (Å²) in [5, 5.41) is 0.548. The Morgan fingerprint density at radius 1 is 1.47 bits per heavy atom. The van der Waals surface area contributed by atoms with Gasteiger partial charge in [0.1, 0.15) is 5.82 Å². The lowest BCUT2D eigenvalue weighted by atomic mass is 10.2. The van der Waals surface area contributed by atoms with Crippen LogP contribution in [0.15, 0.2) is 23.0 Å². The van der Waals surface area contributed by atoms with E-state index in [0.29, 0.717) is 35.6 Å². The van der Waals surface area contributed by atoms with Gasteiger partial charge in [0.05, 0.1) is 24.1 Å². The van der Waals surface area contributed by atoms with E-state index in [0.717, 1.165) is 0 Å². The summed E-state index contributed by atoms with van der Waals surface area (Å²) in [6.07, 6.45) is 0. The molecule has 2 N–H and O–H groups in total. The Morgan fingerprint density at radius 2 is 2.24 bits per heavy atom. The van der Waals surface area contributed by atoms with Gasteiger partial charge in [-0.2, -0.15) is 0 Å². The molecule has 1 aromatic heterocycles. The number of nitrogen functional groups attached to an aromatic ring is 1. The molecule has 0 bridgehead atoms. The fourth-order valence-corrected chi connectivity index (χ4v) is 1.80. The molecule has 1 aromatic carbocycles. The van der Waals surface area contributed by atoms with Gasteiger partial charge >= 0.3 is 0 Å². The summed E-state index contributed by atoms with van der Waals surface area (Å²) in [5.74, 6) is 0.685. The molecular formula is C12H15N3O2. The van der Waals surface area contributed by atoms with E-state index >= 15 is 0 Å². The maximum atomic E-state index is 12.2. The monoisotopic (exact) mass is 233 g/mol. The molecule has 0 spiro atoms. The molecule has 2 aromatic rings. The number of nitrogens with two attached hydrogens (primary N) is 1. The Morgan fingerprint density at radius 3 is 2.94 bits per heavy atom. The Kier molecular flexibility index (Phi) is 3.10. The number of aryl methyl sites for hydroxylation is 1. The first-order chi connectivity index (χ1) is 8.13. The lowest BCUT2D eigenvalue weighted by Gasteiger charge is -2.10. The molecular weight excluding hydrogens is 218 g/mol. The number of hydrogen-bond donors (Lipinski definition) is 1. The average Bonchev–Trinajstić information content (AvgIpc) is 2.30. The predicted octanol–water partition coefficient (Wildman–Crippen LogP) is 0.934. The second kappa shape index (κ2) is 4.55. The van der Waals surface area contributed by atoms with Gasteiger partial charge in [0.15, 0.2) is 0 Å². The first-order valence-electron chi connectivity index (χ1n) is 5.39. The van der Waals surface area contributed by atoms with Gasteiger partial charge in [-0.05, 0) is 25.1 Å². The minimum atomic E-state index is -0.0724. The highest BCUT2D eigenvalue weighted by Crippen LogP contribution is 2.12. The van der Waals surface area contributed by atoms with Crippen molar-refractivity contribution in [2.75, 3.05) is 19.5 Å². The van der Waals surface area contributed by atoms with Crippen LogP contribution in [0.2, 0.25) is 0 Å². The molecule has 1 heterocycles. The standard InChI is InChI=1S/C12H15N3O2/c1-8-14-11-4-3-9(13)7-10(11)12(16)15(8)5-6-17-2/h3-4,7H,5-6,13H2,1-2H3. The van der Waals surface area contributed by atoms with Crippen molar-refractivity contribution in [3.63, 3.8) is 0 Å². The van der Waals surface area contributed by atoms with E-state index < -0.39 is 0 Å². The zero-order valence-corrected chi connectivity index (χ0v) is 9.93. The molecule has 0 saturated heterocycles. The lowest BCUT2D eigenvalue weighted by molar-refractivity contribution is 0.185. The number of benzene rings is 1. The van der Waals surface area contributed by atoms with E-state index in [1.54, 1.807) is 29.9 Å². The van der Waals surface area contributed by atoms with Crippen molar-refractivity contribution in [1.82, 2.24) is 9.55 Å². The van der Waals surface area contributed by atoms with Crippen molar-refractivity contribution in [2.45, 2.75) is 13.5 Å². The van der Waals surface area contributed by atoms with Crippen molar-refractivity contribution in [1.29, 1.82) is 0 Å². The number of anilines is 1. The maximum absolute atomic E-state index is 12.2.